The third-order valence-electron chi connectivity index (χ3n) is 3.29. The number of nitrogen functional groups attached to an aromatic ring is 1. The van der Waals surface area contributed by atoms with Gasteiger partial charge in [-0.2, -0.15) is 14.5 Å². The number of H-pyrrole nitrogens is 1. The molecular formula is C11H15N4O7P. The average Bonchev–Trinajstić information content (AvgIpc) is 3.08. The molecule has 2 aromatic rings. The molecular weight excluding hydrogens is 331 g/mol. The minimum absolute atomic E-state index is 0.0556. The van der Waals surface area contributed by atoms with Gasteiger partial charge in [0.05, 0.1) is 5.39 Å². The SMILES string of the molecule is Nc1nc2c(ccn2[C@@H]2O[C@H](OOP(O)CO)CC2O)c(=O)[nH]1. The van der Waals surface area contributed by atoms with Crippen LogP contribution in [-0.4, -0.2) is 48.4 Å². The lowest BCUT2D eigenvalue weighted by molar-refractivity contribution is -0.318. The van der Waals surface area contributed by atoms with Crippen LogP contribution in [0.5, 0.6) is 0 Å². The Morgan fingerprint density at radius 3 is 3.13 bits per heavy atom. The number of aliphatic hydroxyl groups is 2. The Morgan fingerprint density at radius 2 is 2.39 bits per heavy atom. The van der Waals surface area contributed by atoms with E-state index in [1.165, 1.54) is 16.8 Å². The largest absolute Gasteiger partial charge is 0.388 e. The molecule has 6 N–H and O–H groups in total. The van der Waals surface area contributed by atoms with E-state index in [-0.39, 0.29) is 18.0 Å². The Morgan fingerprint density at radius 1 is 1.61 bits per heavy atom. The van der Waals surface area contributed by atoms with E-state index in [1.54, 1.807) is 0 Å². The molecule has 1 fully saturated rings. The number of aromatic nitrogens is 3. The summed E-state index contributed by atoms with van der Waals surface area (Å²) in [5.41, 5.74) is 5.39. The summed E-state index contributed by atoms with van der Waals surface area (Å²) in [5, 5.41) is 19.1. The van der Waals surface area contributed by atoms with Crippen molar-refractivity contribution in [2.45, 2.75) is 25.0 Å². The zero-order valence-electron chi connectivity index (χ0n) is 11.7. The molecule has 0 bridgehead atoms. The fourth-order valence-electron chi connectivity index (χ4n) is 2.31. The van der Waals surface area contributed by atoms with E-state index in [0.29, 0.717) is 5.39 Å². The second-order valence-electron chi connectivity index (χ2n) is 4.84. The number of hydrogen-bond donors (Lipinski definition) is 5. The molecule has 4 atom stereocenters. The minimum Gasteiger partial charge on any atom is -0.388 e. The number of anilines is 1. The maximum absolute atomic E-state index is 11.8. The number of fused-ring (bicyclic) bond motifs is 1. The van der Waals surface area contributed by atoms with Gasteiger partial charge in [0.15, 0.2) is 18.2 Å². The lowest BCUT2D eigenvalue weighted by atomic mass is 10.2. The monoisotopic (exact) mass is 346 g/mol. The summed E-state index contributed by atoms with van der Waals surface area (Å²) < 4.78 is 11.5. The van der Waals surface area contributed by atoms with Gasteiger partial charge in [-0.1, -0.05) is 0 Å². The highest BCUT2D eigenvalue weighted by molar-refractivity contribution is 7.45. The van der Waals surface area contributed by atoms with Gasteiger partial charge in [-0.15, -0.1) is 0 Å². The van der Waals surface area contributed by atoms with Gasteiger partial charge in [0, 0.05) is 12.6 Å². The zero-order valence-corrected chi connectivity index (χ0v) is 12.6. The third kappa shape index (κ3) is 3.21. The van der Waals surface area contributed by atoms with Crippen molar-refractivity contribution in [1.29, 1.82) is 0 Å². The van der Waals surface area contributed by atoms with Gasteiger partial charge in [0.25, 0.3) is 5.56 Å². The van der Waals surface area contributed by atoms with Crippen LogP contribution >= 0.6 is 8.38 Å². The third-order valence-corrected chi connectivity index (χ3v) is 3.79. The lowest BCUT2D eigenvalue weighted by Gasteiger charge is -2.17. The molecule has 23 heavy (non-hydrogen) atoms. The maximum atomic E-state index is 11.8. The molecule has 12 heteroatoms. The molecule has 0 amide bonds. The van der Waals surface area contributed by atoms with Crippen LogP contribution in [0.25, 0.3) is 11.0 Å². The van der Waals surface area contributed by atoms with Crippen LogP contribution in [0.2, 0.25) is 0 Å². The second kappa shape index (κ2) is 6.49. The van der Waals surface area contributed by atoms with Crippen LogP contribution in [0.15, 0.2) is 17.1 Å². The first-order chi connectivity index (χ1) is 11.0. The molecule has 1 aliphatic rings. The highest BCUT2D eigenvalue weighted by Gasteiger charge is 2.37. The number of ether oxygens (including phenoxy) is 1. The molecule has 1 aliphatic heterocycles. The van der Waals surface area contributed by atoms with Crippen LogP contribution in [0, 0.1) is 0 Å². The van der Waals surface area contributed by atoms with Gasteiger partial charge in [-0.3, -0.25) is 9.78 Å². The predicted octanol–water partition coefficient (Wildman–Crippen LogP) is -0.885. The van der Waals surface area contributed by atoms with E-state index < -0.39 is 38.9 Å². The first-order valence-corrected chi connectivity index (χ1v) is 8.00. The van der Waals surface area contributed by atoms with Gasteiger partial charge in [0.1, 0.15) is 12.5 Å². The van der Waals surface area contributed by atoms with Crippen LogP contribution in [0.4, 0.5) is 5.95 Å². The van der Waals surface area contributed by atoms with Crippen molar-refractivity contribution in [1.82, 2.24) is 14.5 Å². The number of rotatable bonds is 5. The summed E-state index contributed by atoms with van der Waals surface area (Å²) >= 11 is 0. The number of hydrogen-bond acceptors (Lipinski definition) is 9. The standard InChI is InChI=1S/C11H15N4O7P/c12-11-13-8-5(9(18)14-11)1-2-15(8)10-6(17)3-7(20-10)21-22-23(19)4-16/h1-2,6-7,10,16-17,19H,3-4H2,(H3,12,13,14,18)/t6?,7-,10-,23?/m1/s1. The van der Waals surface area contributed by atoms with E-state index >= 15 is 0 Å². The van der Waals surface area contributed by atoms with E-state index in [9.17, 15) is 9.90 Å². The summed E-state index contributed by atoms with van der Waals surface area (Å²) in [7, 11) is -2.11. The van der Waals surface area contributed by atoms with E-state index in [0.717, 1.165) is 0 Å². The molecule has 2 aromatic heterocycles. The first-order valence-electron chi connectivity index (χ1n) is 6.60. The fourth-order valence-corrected chi connectivity index (χ4v) is 2.56. The molecule has 0 aliphatic carbocycles. The highest BCUT2D eigenvalue weighted by Crippen LogP contribution is 2.35. The van der Waals surface area contributed by atoms with Crippen molar-refractivity contribution in [3.05, 3.63) is 22.6 Å². The average molecular weight is 346 g/mol. The predicted molar refractivity (Wildman–Crippen MR) is 77.7 cm³/mol. The quantitative estimate of drug-likeness (QED) is 0.262. The summed E-state index contributed by atoms with van der Waals surface area (Å²) in [5.74, 6) is -0.0556. The van der Waals surface area contributed by atoms with Crippen molar-refractivity contribution in [3.8, 4) is 0 Å². The Kier molecular flexibility index (Phi) is 4.60. The smallest absolute Gasteiger partial charge is 0.261 e. The molecule has 0 spiro atoms. The van der Waals surface area contributed by atoms with Crippen LogP contribution in [0.3, 0.4) is 0 Å². The molecule has 1 saturated heterocycles. The highest BCUT2D eigenvalue weighted by atomic mass is 31.2. The van der Waals surface area contributed by atoms with E-state index in [1.807, 2.05) is 0 Å². The zero-order chi connectivity index (χ0) is 16.6. The summed E-state index contributed by atoms with van der Waals surface area (Å²) in [4.78, 5) is 32.2. The van der Waals surface area contributed by atoms with E-state index in [4.69, 9.17) is 25.4 Å². The number of nitrogens with one attached hydrogen (secondary N) is 1. The Labute approximate surface area is 130 Å². The summed E-state index contributed by atoms with van der Waals surface area (Å²) in [6.07, 6.45) is -1.75. The van der Waals surface area contributed by atoms with Crippen molar-refractivity contribution in [3.63, 3.8) is 0 Å². The molecule has 0 aromatic carbocycles. The van der Waals surface area contributed by atoms with Crippen molar-refractivity contribution in [2.24, 2.45) is 0 Å². The molecule has 3 rings (SSSR count). The number of aliphatic hydroxyl groups excluding tert-OH is 2. The van der Waals surface area contributed by atoms with Gasteiger partial charge < -0.3 is 30.1 Å². The molecule has 0 saturated carbocycles. The molecule has 0 radical (unpaired) electrons. The van der Waals surface area contributed by atoms with Gasteiger partial charge in [-0.05, 0) is 6.07 Å². The van der Waals surface area contributed by atoms with Crippen LogP contribution in [0.1, 0.15) is 12.6 Å². The fraction of sp³-hybridized carbons (Fsp3) is 0.455. The topological polar surface area (TPSA) is 165 Å². The van der Waals surface area contributed by atoms with Crippen molar-refractivity contribution >= 4 is 25.4 Å². The molecule has 3 heterocycles. The number of nitrogens with zero attached hydrogens (tertiary/aromatic N) is 2. The first kappa shape index (κ1) is 16.3. The molecule has 11 nitrogen and oxygen atoms in total. The lowest BCUT2D eigenvalue weighted by Crippen LogP contribution is -2.20. The summed E-state index contributed by atoms with van der Waals surface area (Å²) in [6.45, 7) is 0. The Hall–Kier alpha value is -1.59. The Balaban J connectivity index is 1.81. The molecule has 126 valence electrons. The van der Waals surface area contributed by atoms with Gasteiger partial charge in [-0.25, -0.2) is 0 Å². The Bertz CT molecular complexity index is 750. The van der Waals surface area contributed by atoms with Gasteiger partial charge in [0.2, 0.25) is 14.3 Å². The van der Waals surface area contributed by atoms with Crippen LogP contribution < -0.4 is 11.3 Å². The summed E-state index contributed by atoms with van der Waals surface area (Å²) in [6, 6.07) is 1.53. The minimum atomic E-state index is -2.11. The maximum Gasteiger partial charge on any atom is 0.261 e. The van der Waals surface area contributed by atoms with E-state index in [2.05, 4.69) is 14.6 Å². The second-order valence-corrected chi connectivity index (χ2v) is 5.97. The number of aromatic amines is 1. The molecule has 2 unspecified atom stereocenters. The van der Waals surface area contributed by atoms with Crippen LogP contribution in [-0.2, 0) is 14.3 Å². The van der Waals surface area contributed by atoms with Crippen molar-refractivity contribution in [2.75, 3.05) is 12.1 Å². The van der Waals surface area contributed by atoms with Crippen molar-refractivity contribution < 1.29 is 29.4 Å². The van der Waals surface area contributed by atoms with Gasteiger partial charge >= 0.3 is 0 Å². The number of nitrogens with two attached hydrogens (primary N) is 1. The normalized spacial score (nSPS) is 26.0.